The van der Waals surface area contributed by atoms with E-state index in [1.807, 2.05) is 11.0 Å². The summed E-state index contributed by atoms with van der Waals surface area (Å²) in [6.45, 7) is 2.85. The first kappa shape index (κ1) is 25.2. The summed E-state index contributed by atoms with van der Waals surface area (Å²) in [6.07, 6.45) is 7.76. The number of amides is 1. The number of pyridine rings is 1. The molecular weight excluding hydrogens is 497 g/mol. The summed E-state index contributed by atoms with van der Waals surface area (Å²) in [5.74, 6) is -0.648. The fourth-order valence-corrected chi connectivity index (χ4v) is 5.32. The second-order valence-corrected chi connectivity index (χ2v) is 10.5. The molecule has 0 N–H and O–H groups in total. The Labute approximate surface area is 225 Å². The summed E-state index contributed by atoms with van der Waals surface area (Å²) in [5.41, 5.74) is 4.15. The molecule has 4 aromatic rings. The van der Waals surface area contributed by atoms with Crippen LogP contribution in [0.3, 0.4) is 0 Å². The summed E-state index contributed by atoms with van der Waals surface area (Å²) in [6, 6.07) is 11.9. The number of methoxy groups -OCH3 is 1. The van der Waals surface area contributed by atoms with E-state index in [2.05, 4.69) is 11.9 Å². The molecule has 1 amide bonds. The number of ether oxygens (including phenoxy) is 1. The van der Waals surface area contributed by atoms with Crippen LogP contribution in [0.15, 0.2) is 48.7 Å². The number of fused-ring (bicyclic) bond motifs is 1. The van der Waals surface area contributed by atoms with Crippen molar-refractivity contribution < 1.29 is 18.7 Å². The van der Waals surface area contributed by atoms with Crippen LogP contribution in [0.5, 0.6) is 0 Å². The molecule has 39 heavy (non-hydrogen) atoms. The van der Waals surface area contributed by atoms with Gasteiger partial charge in [-0.3, -0.25) is 9.78 Å². The number of hydrogen-bond acceptors (Lipinski definition) is 6. The fourth-order valence-electron chi connectivity index (χ4n) is 5.32. The largest absolute Gasteiger partial charge is 0.465 e. The maximum absolute atomic E-state index is 15.4. The number of likely N-dealkylation sites (tertiary alicyclic amines) is 1. The van der Waals surface area contributed by atoms with Gasteiger partial charge in [0.2, 0.25) is 0 Å². The summed E-state index contributed by atoms with van der Waals surface area (Å²) in [5, 5.41) is 4.71. The van der Waals surface area contributed by atoms with Crippen LogP contribution in [0.2, 0.25) is 0 Å². The molecule has 1 atom stereocenters. The van der Waals surface area contributed by atoms with Crippen LogP contribution in [0.1, 0.15) is 77.9 Å². The number of hydrogen-bond donors (Lipinski definition) is 0. The third-order valence-corrected chi connectivity index (χ3v) is 7.71. The summed E-state index contributed by atoms with van der Waals surface area (Å²) >= 11 is 0. The van der Waals surface area contributed by atoms with Gasteiger partial charge in [-0.25, -0.2) is 18.7 Å². The Morgan fingerprint density at radius 2 is 1.85 bits per heavy atom. The molecule has 1 saturated heterocycles. The van der Waals surface area contributed by atoms with Gasteiger partial charge in [0.05, 0.1) is 24.1 Å². The molecule has 4 heterocycles. The van der Waals surface area contributed by atoms with Gasteiger partial charge < -0.3 is 9.64 Å². The molecule has 8 nitrogen and oxygen atoms in total. The quantitative estimate of drug-likeness (QED) is 0.311. The lowest BCUT2D eigenvalue weighted by molar-refractivity contribution is 0.0599. The minimum atomic E-state index is -0.479. The maximum Gasteiger partial charge on any atom is 0.339 e. The SMILES string of the molecule is COC(=O)c1ccc(-c2ccc(-c3cc4nc(C(=O)N5CCCCC[C@H]5C)cc(C5CC5)n4n3)c(F)c2)nc1. The summed E-state index contributed by atoms with van der Waals surface area (Å²) in [4.78, 5) is 36.1. The van der Waals surface area contributed by atoms with Gasteiger partial charge in [-0.2, -0.15) is 5.10 Å². The summed E-state index contributed by atoms with van der Waals surface area (Å²) < 4.78 is 21.8. The molecule has 0 spiro atoms. The number of halogens is 1. The van der Waals surface area contributed by atoms with E-state index in [4.69, 9.17) is 14.8 Å². The lowest BCUT2D eigenvalue weighted by Crippen LogP contribution is -2.38. The Morgan fingerprint density at radius 3 is 2.56 bits per heavy atom. The topological polar surface area (TPSA) is 89.7 Å². The van der Waals surface area contributed by atoms with E-state index in [-0.39, 0.29) is 11.9 Å². The van der Waals surface area contributed by atoms with Crippen molar-refractivity contribution >= 4 is 17.5 Å². The molecule has 0 bridgehead atoms. The van der Waals surface area contributed by atoms with Gasteiger partial charge >= 0.3 is 5.97 Å². The van der Waals surface area contributed by atoms with Crippen molar-refractivity contribution in [2.45, 2.75) is 57.4 Å². The fraction of sp³-hybridized carbons (Fsp3) is 0.367. The minimum absolute atomic E-state index is 0.0437. The first-order chi connectivity index (χ1) is 18.9. The van der Waals surface area contributed by atoms with Crippen molar-refractivity contribution in [2.75, 3.05) is 13.7 Å². The Morgan fingerprint density at radius 1 is 1.00 bits per heavy atom. The third kappa shape index (κ3) is 4.89. The van der Waals surface area contributed by atoms with Gasteiger partial charge in [-0.15, -0.1) is 0 Å². The van der Waals surface area contributed by atoms with Crippen LogP contribution in [0, 0.1) is 5.82 Å². The van der Waals surface area contributed by atoms with E-state index in [1.165, 1.54) is 19.4 Å². The Hall–Kier alpha value is -4.14. The maximum atomic E-state index is 15.4. The molecule has 2 aliphatic rings. The van der Waals surface area contributed by atoms with Crippen LogP contribution in [0.4, 0.5) is 4.39 Å². The number of rotatable bonds is 5. The standard InChI is InChI=1S/C30H30FN5O3/c1-18-6-4-3-5-13-35(18)29(37)26-15-27(19-7-8-19)36-28(33-26)16-25(34-36)22-11-9-20(14-23(22)31)24-12-10-21(17-32-24)30(38)39-2/h9-12,14-19H,3-8,13H2,1-2H3/t18-/m1/s1. The van der Waals surface area contributed by atoms with Crippen molar-refractivity contribution in [1.29, 1.82) is 0 Å². The summed E-state index contributed by atoms with van der Waals surface area (Å²) in [7, 11) is 1.31. The third-order valence-electron chi connectivity index (χ3n) is 7.71. The first-order valence-corrected chi connectivity index (χ1v) is 13.5. The van der Waals surface area contributed by atoms with Crippen molar-refractivity contribution in [3.05, 3.63) is 71.4 Å². The average molecular weight is 528 g/mol. The monoisotopic (exact) mass is 527 g/mol. The highest BCUT2D eigenvalue weighted by Gasteiger charge is 2.31. The van der Waals surface area contributed by atoms with E-state index in [1.54, 1.807) is 34.8 Å². The van der Waals surface area contributed by atoms with E-state index in [0.717, 1.165) is 50.8 Å². The van der Waals surface area contributed by atoms with Crippen molar-refractivity contribution in [3.63, 3.8) is 0 Å². The van der Waals surface area contributed by atoms with Crippen LogP contribution >= 0.6 is 0 Å². The number of nitrogens with zero attached hydrogens (tertiary/aromatic N) is 5. The van der Waals surface area contributed by atoms with Crippen LogP contribution < -0.4 is 0 Å². The molecule has 0 radical (unpaired) electrons. The lowest BCUT2D eigenvalue weighted by atomic mass is 10.1. The van der Waals surface area contributed by atoms with Crippen LogP contribution in [0.25, 0.3) is 28.2 Å². The number of carbonyl (C=O) groups is 2. The van der Waals surface area contributed by atoms with Crippen LogP contribution in [-0.2, 0) is 4.74 Å². The molecule has 6 rings (SSSR count). The minimum Gasteiger partial charge on any atom is -0.465 e. The average Bonchev–Trinajstić information content (AvgIpc) is 3.75. The van der Waals surface area contributed by atoms with Gasteiger partial charge in [0.25, 0.3) is 5.91 Å². The highest BCUT2D eigenvalue weighted by atomic mass is 19.1. The smallest absolute Gasteiger partial charge is 0.339 e. The van der Waals surface area contributed by atoms with Gasteiger partial charge in [-0.05, 0) is 62.9 Å². The van der Waals surface area contributed by atoms with Gasteiger partial charge in [0, 0.05) is 47.6 Å². The second kappa shape index (κ2) is 10.2. The zero-order valence-electron chi connectivity index (χ0n) is 22.1. The normalized spacial score (nSPS) is 17.7. The number of aromatic nitrogens is 4. The van der Waals surface area contributed by atoms with E-state index in [0.29, 0.717) is 45.3 Å². The van der Waals surface area contributed by atoms with E-state index in [9.17, 15) is 9.59 Å². The van der Waals surface area contributed by atoms with E-state index >= 15 is 4.39 Å². The Balaban J connectivity index is 1.33. The first-order valence-electron chi connectivity index (χ1n) is 13.5. The Kier molecular flexibility index (Phi) is 6.58. The van der Waals surface area contributed by atoms with Crippen molar-refractivity contribution in [3.8, 4) is 22.5 Å². The molecule has 1 aliphatic heterocycles. The molecule has 0 unspecified atom stereocenters. The molecule has 9 heteroatoms. The van der Waals surface area contributed by atoms with E-state index < -0.39 is 11.8 Å². The van der Waals surface area contributed by atoms with Crippen molar-refractivity contribution in [1.82, 2.24) is 24.5 Å². The van der Waals surface area contributed by atoms with Crippen LogP contribution in [-0.4, -0.2) is 56.1 Å². The zero-order valence-corrected chi connectivity index (χ0v) is 22.1. The molecule has 200 valence electrons. The Bertz CT molecular complexity index is 1560. The molecule has 3 aromatic heterocycles. The molecule has 1 aromatic carbocycles. The van der Waals surface area contributed by atoms with Crippen molar-refractivity contribution in [2.24, 2.45) is 0 Å². The van der Waals surface area contributed by atoms with Gasteiger partial charge in [0.1, 0.15) is 11.5 Å². The van der Waals surface area contributed by atoms with Gasteiger partial charge in [0.15, 0.2) is 5.65 Å². The zero-order chi connectivity index (χ0) is 27.1. The lowest BCUT2D eigenvalue weighted by Gasteiger charge is -2.27. The molecule has 1 aliphatic carbocycles. The molecule has 1 saturated carbocycles. The highest BCUT2D eigenvalue weighted by Crippen LogP contribution is 2.41. The molecular formula is C30H30FN5O3. The van der Waals surface area contributed by atoms with Gasteiger partial charge in [-0.1, -0.05) is 18.9 Å². The second-order valence-electron chi connectivity index (χ2n) is 10.5. The predicted molar refractivity (Wildman–Crippen MR) is 144 cm³/mol. The number of benzene rings is 1. The highest BCUT2D eigenvalue weighted by molar-refractivity contribution is 5.93. The number of esters is 1. The number of carbonyl (C=O) groups excluding carboxylic acids is 2. The predicted octanol–water partition coefficient (Wildman–Crippen LogP) is 5.67. The molecule has 2 fully saturated rings.